The van der Waals surface area contributed by atoms with E-state index >= 15 is 0 Å². The van der Waals surface area contributed by atoms with Crippen molar-refractivity contribution in [3.8, 4) is 11.5 Å². The van der Waals surface area contributed by atoms with Gasteiger partial charge in [0.15, 0.2) is 11.5 Å². The van der Waals surface area contributed by atoms with Crippen LogP contribution in [0.3, 0.4) is 0 Å². The summed E-state index contributed by atoms with van der Waals surface area (Å²) in [5.74, 6) is -1.04. The van der Waals surface area contributed by atoms with Gasteiger partial charge in [0.2, 0.25) is 0 Å². The van der Waals surface area contributed by atoms with Crippen LogP contribution in [-0.4, -0.2) is 32.9 Å². The summed E-state index contributed by atoms with van der Waals surface area (Å²) >= 11 is 0. The van der Waals surface area contributed by atoms with Crippen LogP contribution in [0.25, 0.3) is 11.5 Å². The molecule has 1 saturated carbocycles. The molecular weight excluding hydrogens is 335 g/mol. The zero-order chi connectivity index (χ0) is 18.0. The molecule has 6 nitrogen and oxygen atoms in total. The van der Waals surface area contributed by atoms with Crippen molar-refractivity contribution >= 4 is 5.91 Å². The van der Waals surface area contributed by atoms with Crippen molar-refractivity contribution in [1.29, 1.82) is 0 Å². The van der Waals surface area contributed by atoms with Gasteiger partial charge in [-0.2, -0.15) is 13.2 Å². The number of hydrogen-bond acceptors (Lipinski definition) is 5. The second kappa shape index (κ2) is 6.75. The SMILES string of the molecule is N[C@H]1CC[C@H](NC(=O)c2cnc(-c3ccccn3)nc2C(F)(F)F)C1. The lowest BCUT2D eigenvalue weighted by atomic mass is 10.1. The van der Waals surface area contributed by atoms with Crippen LogP contribution in [-0.2, 0) is 6.18 Å². The van der Waals surface area contributed by atoms with Crippen molar-refractivity contribution in [1.82, 2.24) is 20.3 Å². The first kappa shape index (κ1) is 17.3. The molecule has 1 aliphatic rings. The number of aromatic nitrogens is 3. The molecule has 3 N–H and O–H groups in total. The van der Waals surface area contributed by atoms with E-state index in [2.05, 4.69) is 20.3 Å². The number of nitrogens with two attached hydrogens (primary N) is 1. The van der Waals surface area contributed by atoms with E-state index in [0.717, 1.165) is 12.6 Å². The molecule has 0 aliphatic heterocycles. The predicted molar refractivity (Wildman–Crippen MR) is 83.3 cm³/mol. The highest BCUT2D eigenvalue weighted by atomic mass is 19.4. The number of alkyl halides is 3. The van der Waals surface area contributed by atoms with E-state index in [0.29, 0.717) is 12.8 Å². The first-order chi connectivity index (χ1) is 11.8. The van der Waals surface area contributed by atoms with E-state index in [1.807, 2.05) is 0 Å². The average molecular weight is 351 g/mol. The second-order valence-electron chi connectivity index (χ2n) is 5.91. The van der Waals surface area contributed by atoms with Gasteiger partial charge in [0.25, 0.3) is 5.91 Å². The van der Waals surface area contributed by atoms with Crippen molar-refractivity contribution < 1.29 is 18.0 Å². The topological polar surface area (TPSA) is 93.8 Å². The molecule has 0 unspecified atom stereocenters. The molecule has 0 aromatic carbocycles. The lowest BCUT2D eigenvalue weighted by Crippen LogP contribution is -2.35. The molecule has 9 heteroatoms. The Bertz CT molecular complexity index is 766. The minimum Gasteiger partial charge on any atom is -0.349 e. The Morgan fingerprint density at radius 3 is 2.64 bits per heavy atom. The quantitative estimate of drug-likeness (QED) is 0.884. The average Bonchev–Trinajstić information content (AvgIpc) is 2.99. The summed E-state index contributed by atoms with van der Waals surface area (Å²) in [4.78, 5) is 23.6. The van der Waals surface area contributed by atoms with Crippen molar-refractivity contribution in [2.24, 2.45) is 5.73 Å². The van der Waals surface area contributed by atoms with Crippen LogP contribution in [0.5, 0.6) is 0 Å². The van der Waals surface area contributed by atoms with E-state index in [1.54, 1.807) is 12.1 Å². The van der Waals surface area contributed by atoms with Gasteiger partial charge in [-0.15, -0.1) is 0 Å². The molecule has 132 valence electrons. The Labute approximate surface area is 141 Å². The van der Waals surface area contributed by atoms with E-state index < -0.39 is 23.3 Å². The molecule has 1 amide bonds. The third kappa shape index (κ3) is 3.93. The fourth-order valence-electron chi connectivity index (χ4n) is 2.79. The largest absolute Gasteiger partial charge is 0.434 e. The van der Waals surface area contributed by atoms with Gasteiger partial charge in [-0.05, 0) is 31.4 Å². The monoisotopic (exact) mass is 351 g/mol. The molecule has 0 spiro atoms. The minimum absolute atomic E-state index is 0.0461. The number of halogens is 3. The molecule has 1 fully saturated rings. The molecule has 3 rings (SSSR count). The molecule has 0 bridgehead atoms. The van der Waals surface area contributed by atoms with Crippen LogP contribution >= 0.6 is 0 Å². The molecule has 2 aromatic rings. The maximum Gasteiger partial charge on any atom is 0.434 e. The summed E-state index contributed by atoms with van der Waals surface area (Å²) in [6.45, 7) is 0. The maximum absolute atomic E-state index is 13.4. The summed E-state index contributed by atoms with van der Waals surface area (Å²) in [6, 6.07) is 4.45. The molecule has 2 atom stereocenters. The summed E-state index contributed by atoms with van der Waals surface area (Å²) in [5, 5.41) is 2.58. The number of nitrogens with zero attached hydrogens (tertiary/aromatic N) is 3. The Hall–Kier alpha value is -2.55. The summed E-state index contributed by atoms with van der Waals surface area (Å²) in [5.41, 5.74) is 4.08. The maximum atomic E-state index is 13.4. The van der Waals surface area contributed by atoms with Crippen molar-refractivity contribution in [3.63, 3.8) is 0 Å². The molecule has 2 heterocycles. The lowest BCUT2D eigenvalue weighted by molar-refractivity contribution is -0.141. The van der Waals surface area contributed by atoms with Crippen LogP contribution in [0, 0.1) is 0 Å². The van der Waals surface area contributed by atoms with Crippen molar-refractivity contribution in [2.45, 2.75) is 37.5 Å². The molecular formula is C16H16F3N5O. The highest BCUT2D eigenvalue weighted by Gasteiger charge is 2.38. The van der Waals surface area contributed by atoms with Gasteiger partial charge in [-0.3, -0.25) is 9.78 Å². The minimum atomic E-state index is -4.79. The fraction of sp³-hybridized carbons (Fsp3) is 0.375. The zero-order valence-electron chi connectivity index (χ0n) is 13.1. The molecule has 0 radical (unpaired) electrons. The molecule has 0 saturated heterocycles. The number of amides is 1. The summed E-state index contributed by atoms with van der Waals surface area (Å²) < 4.78 is 40.1. The molecule has 1 aliphatic carbocycles. The molecule has 25 heavy (non-hydrogen) atoms. The lowest BCUT2D eigenvalue weighted by Gasteiger charge is -2.16. The van der Waals surface area contributed by atoms with Gasteiger partial charge in [-0.25, -0.2) is 9.97 Å². The van der Waals surface area contributed by atoms with Crippen LogP contribution in [0.15, 0.2) is 30.6 Å². The summed E-state index contributed by atoms with van der Waals surface area (Å²) in [6.07, 6.45) is -0.557. The van der Waals surface area contributed by atoms with Gasteiger partial charge in [-0.1, -0.05) is 6.07 Å². The van der Waals surface area contributed by atoms with E-state index in [9.17, 15) is 18.0 Å². The second-order valence-corrected chi connectivity index (χ2v) is 5.91. The fourth-order valence-corrected chi connectivity index (χ4v) is 2.79. The number of rotatable bonds is 3. The van der Waals surface area contributed by atoms with Gasteiger partial charge in [0.1, 0.15) is 5.69 Å². The number of carbonyl (C=O) groups excluding carboxylic acids is 1. The normalized spacial score (nSPS) is 20.5. The van der Waals surface area contributed by atoms with Crippen molar-refractivity contribution in [2.75, 3.05) is 0 Å². The van der Waals surface area contributed by atoms with E-state index in [4.69, 9.17) is 5.73 Å². The van der Waals surface area contributed by atoms with Gasteiger partial charge >= 0.3 is 6.18 Å². The standard InChI is InChI=1S/C16H16F3N5O/c17-16(18,19)13-11(15(25)23-10-5-4-9(20)7-10)8-22-14(24-13)12-3-1-2-6-21-12/h1-3,6,8-10H,4-5,7,20H2,(H,23,25)/t9-,10-/m0/s1. The smallest absolute Gasteiger partial charge is 0.349 e. The number of nitrogens with one attached hydrogen (secondary N) is 1. The Kier molecular flexibility index (Phi) is 4.67. The van der Waals surface area contributed by atoms with Crippen LogP contribution in [0.2, 0.25) is 0 Å². The van der Waals surface area contributed by atoms with E-state index in [1.165, 1.54) is 12.3 Å². The van der Waals surface area contributed by atoms with Gasteiger partial charge in [0.05, 0.1) is 5.56 Å². The number of hydrogen-bond donors (Lipinski definition) is 2. The molecule has 2 aromatic heterocycles. The predicted octanol–water partition coefficient (Wildman–Crippen LogP) is 2.17. The number of pyridine rings is 1. The van der Waals surface area contributed by atoms with E-state index in [-0.39, 0.29) is 23.6 Å². The van der Waals surface area contributed by atoms with Gasteiger partial charge in [0, 0.05) is 24.5 Å². The Morgan fingerprint density at radius 2 is 2.04 bits per heavy atom. The highest BCUT2D eigenvalue weighted by Crippen LogP contribution is 2.31. The van der Waals surface area contributed by atoms with Crippen molar-refractivity contribution in [3.05, 3.63) is 41.9 Å². The highest BCUT2D eigenvalue weighted by molar-refractivity contribution is 5.95. The third-order valence-corrected chi connectivity index (χ3v) is 4.00. The first-order valence-electron chi connectivity index (χ1n) is 7.76. The third-order valence-electron chi connectivity index (χ3n) is 4.00. The first-order valence-corrected chi connectivity index (χ1v) is 7.76. The zero-order valence-corrected chi connectivity index (χ0v) is 13.1. The number of carbonyl (C=O) groups is 1. The van der Waals surface area contributed by atoms with Crippen LogP contribution in [0.1, 0.15) is 35.3 Å². The van der Waals surface area contributed by atoms with Crippen LogP contribution in [0.4, 0.5) is 13.2 Å². The van der Waals surface area contributed by atoms with Gasteiger partial charge < -0.3 is 11.1 Å². The summed E-state index contributed by atoms with van der Waals surface area (Å²) in [7, 11) is 0. The Balaban J connectivity index is 1.92. The van der Waals surface area contributed by atoms with Crippen LogP contribution < -0.4 is 11.1 Å². The Morgan fingerprint density at radius 1 is 1.24 bits per heavy atom.